The highest BCUT2D eigenvalue weighted by molar-refractivity contribution is 5.20. The topological polar surface area (TPSA) is 43.0 Å². The van der Waals surface area contributed by atoms with Gasteiger partial charge in [-0.1, -0.05) is 0 Å². The highest BCUT2D eigenvalue weighted by Gasteiger charge is 2.14. The van der Waals surface area contributed by atoms with Crippen molar-refractivity contribution in [2.45, 2.75) is 25.8 Å². The Morgan fingerprint density at radius 2 is 2.29 bits per heavy atom. The number of aryl methyl sites for hydroxylation is 3. The predicted octanol–water partition coefficient (Wildman–Crippen LogP) is 2.21. The number of hydrogen-bond acceptors (Lipinski definition) is 3. The summed E-state index contributed by atoms with van der Waals surface area (Å²) in [6, 6.07) is 4.44. The van der Waals surface area contributed by atoms with Crippen LogP contribution in [0.5, 0.6) is 0 Å². The summed E-state index contributed by atoms with van der Waals surface area (Å²) in [5.41, 5.74) is 2.50. The fourth-order valence-electron chi connectivity index (χ4n) is 2.15. The third-order valence-electron chi connectivity index (χ3n) is 3.23. The fourth-order valence-corrected chi connectivity index (χ4v) is 2.15. The second kappa shape index (κ2) is 5.19. The third-order valence-corrected chi connectivity index (χ3v) is 3.23. The molecule has 0 amide bonds. The smallest absolute Gasteiger partial charge is 0.105 e. The Bertz CT molecular complexity index is 472. The molecule has 1 unspecified atom stereocenters. The van der Waals surface area contributed by atoms with E-state index in [2.05, 4.69) is 16.5 Å². The van der Waals surface area contributed by atoms with E-state index in [-0.39, 0.29) is 0 Å². The largest absolute Gasteiger partial charge is 0.469 e. The van der Waals surface area contributed by atoms with Crippen LogP contribution in [-0.4, -0.2) is 16.8 Å². The molecule has 0 aliphatic heterocycles. The lowest BCUT2D eigenvalue weighted by Gasteiger charge is -2.15. The normalized spacial score (nSPS) is 12.9. The van der Waals surface area contributed by atoms with E-state index in [0.29, 0.717) is 6.04 Å². The molecule has 0 bridgehead atoms. The van der Waals surface area contributed by atoms with Crippen LogP contribution in [0.1, 0.15) is 29.5 Å². The Kier molecular flexibility index (Phi) is 3.64. The molecule has 17 heavy (non-hydrogen) atoms. The molecule has 0 saturated heterocycles. The number of nitrogens with zero attached hydrogens (tertiary/aromatic N) is 2. The maximum Gasteiger partial charge on any atom is 0.105 e. The van der Waals surface area contributed by atoms with Crippen molar-refractivity contribution in [3.63, 3.8) is 0 Å². The molecule has 4 nitrogen and oxygen atoms in total. The van der Waals surface area contributed by atoms with Gasteiger partial charge in [0.05, 0.1) is 6.26 Å². The molecule has 0 radical (unpaired) electrons. The summed E-state index contributed by atoms with van der Waals surface area (Å²) >= 11 is 0. The molecule has 4 heteroatoms. The quantitative estimate of drug-likeness (QED) is 0.861. The second-order valence-electron chi connectivity index (χ2n) is 4.26. The number of nitrogens with one attached hydrogen (secondary N) is 1. The zero-order valence-corrected chi connectivity index (χ0v) is 10.6. The lowest BCUT2D eigenvalue weighted by atomic mass is 10.0. The first-order valence-corrected chi connectivity index (χ1v) is 5.90. The number of furan rings is 1. The minimum atomic E-state index is 0.337. The van der Waals surface area contributed by atoms with Crippen LogP contribution in [0.25, 0.3) is 0 Å². The van der Waals surface area contributed by atoms with Crippen LogP contribution in [0.2, 0.25) is 0 Å². The monoisotopic (exact) mass is 233 g/mol. The van der Waals surface area contributed by atoms with Crippen molar-refractivity contribution >= 4 is 0 Å². The van der Waals surface area contributed by atoms with Crippen molar-refractivity contribution in [1.29, 1.82) is 0 Å². The van der Waals surface area contributed by atoms with Crippen molar-refractivity contribution in [2.75, 3.05) is 7.05 Å². The van der Waals surface area contributed by atoms with Gasteiger partial charge in [-0.05, 0) is 38.9 Å². The van der Waals surface area contributed by atoms with Crippen LogP contribution < -0.4 is 5.32 Å². The average Bonchev–Trinajstić information content (AvgIpc) is 2.90. The standard InChI is InChI=1S/C13H19N3O/c1-10-12(7-9-17-10)13(14-2)5-4-11-6-8-15-16(11)3/h6-9,13-14H,4-5H2,1-3H3. The summed E-state index contributed by atoms with van der Waals surface area (Å²) in [6.45, 7) is 2.00. The van der Waals surface area contributed by atoms with E-state index in [9.17, 15) is 0 Å². The molecule has 2 aromatic heterocycles. The SMILES string of the molecule is CNC(CCc1ccnn1C)c1ccoc1C. The Balaban J connectivity index is 2.02. The van der Waals surface area contributed by atoms with Gasteiger partial charge in [0.25, 0.3) is 0 Å². The van der Waals surface area contributed by atoms with Crippen LogP contribution in [0.15, 0.2) is 29.0 Å². The molecule has 2 aromatic rings. The minimum Gasteiger partial charge on any atom is -0.469 e. The zero-order chi connectivity index (χ0) is 12.3. The second-order valence-corrected chi connectivity index (χ2v) is 4.26. The van der Waals surface area contributed by atoms with Crippen molar-refractivity contribution in [2.24, 2.45) is 7.05 Å². The van der Waals surface area contributed by atoms with Gasteiger partial charge in [-0.3, -0.25) is 4.68 Å². The van der Waals surface area contributed by atoms with Crippen molar-refractivity contribution in [3.8, 4) is 0 Å². The molecule has 0 aliphatic rings. The number of rotatable bonds is 5. The van der Waals surface area contributed by atoms with Gasteiger partial charge in [0.15, 0.2) is 0 Å². The van der Waals surface area contributed by atoms with Crippen LogP contribution in [0.3, 0.4) is 0 Å². The molecule has 2 rings (SSSR count). The Morgan fingerprint density at radius 1 is 1.47 bits per heavy atom. The molecule has 1 N–H and O–H groups in total. The predicted molar refractivity (Wildman–Crippen MR) is 66.8 cm³/mol. The van der Waals surface area contributed by atoms with Gasteiger partial charge in [-0.15, -0.1) is 0 Å². The zero-order valence-electron chi connectivity index (χ0n) is 10.6. The van der Waals surface area contributed by atoms with Gasteiger partial charge in [-0.25, -0.2) is 0 Å². The first-order chi connectivity index (χ1) is 8.22. The van der Waals surface area contributed by atoms with Gasteiger partial charge in [0.1, 0.15) is 5.76 Å². The highest BCUT2D eigenvalue weighted by Crippen LogP contribution is 2.22. The lowest BCUT2D eigenvalue weighted by Crippen LogP contribution is -2.17. The average molecular weight is 233 g/mol. The molecule has 0 spiro atoms. The van der Waals surface area contributed by atoms with Gasteiger partial charge in [0.2, 0.25) is 0 Å². The van der Waals surface area contributed by atoms with Crippen LogP contribution in [0, 0.1) is 6.92 Å². The van der Waals surface area contributed by atoms with E-state index >= 15 is 0 Å². The maximum atomic E-state index is 5.35. The molecule has 1 atom stereocenters. The Hall–Kier alpha value is -1.55. The Morgan fingerprint density at radius 3 is 2.82 bits per heavy atom. The fraction of sp³-hybridized carbons (Fsp3) is 0.462. The van der Waals surface area contributed by atoms with Gasteiger partial charge >= 0.3 is 0 Å². The van der Waals surface area contributed by atoms with Gasteiger partial charge < -0.3 is 9.73 Å². The molecule has 0 aliphatic carbocycles. The van der Waals surface area contributed by atoms with Gasteiger partial charge in [-0.2, -0.15) is 5.10 Å². The highest BCUT2D eigenvalue weighted by atomic mass is 16.3. The molecular weight excluding hydrogens is 214 g/mol. The van der Waals surface area contributed by atoms with Crippen molar-refractivity contribution in [3.05, 3.63) is 41.6 Å². The summed E-state index contributed by atoms with van der Waals surface area (Å²) in [5, 5.41) is 7.52. The summed E-state index contributed by atoms with van der Waals surface area (Å²) in [5.74, 6) is 0.995. The van der Waals surface area contributed by atoms with Crippen molar-refractivity contribution < 1.29 is 4.42 Å². The third kappa shape index (κ3) is 2.58. The van der Waals surface area contributed by atoms with E-state index in [1.807, 2.05) is 38.0 Å². The van der Waals surface area contributed by atoms with E-state index in [1.165, 1.54) is 11.3 Å². The maximum absolute atomic E-state index is 5.35. The lowest BCUT2D eigenvalue weighted by molar-refractivity contribution is 0.496. The minimum absolute atomic E-state index is 0.337. The van der Waals surface area contributed by atoms with E-state index < -0.39 is 0 Å². The van der Waals surface area contributed by atoms with E-state index in [4.69, 9.17) is 4.42 Å². The molecular formula is C13H19N3O. The summed E-state index contributed by atoms with van der Waals surface area (Å²) in [4.78, 5) is 0. The first kappa shape index (κ1) is 11.9. The molecule has 0 aromatic carbocycles. The first-order valence-electron chi connectivity index (χ1n) is 5.90. The van der Waals surface area contributed by atoms with Crippen LogP contribution in [0.4, 0.5) is 0 Å². The van der Waals surface area contributed by atoms with Crippen LogP contribution in [-0.2, 0) is 13.5 Å². The Labute approximate surface area is 102 Å². The molecule has 2 heterocycles. The summed E-state index contributed by atoms with van der Waals surface area (Å²) < 4.78 is 7.28. The summed E-state index contributed by atoms with van der Waals surface area (Å²) in [6.07, 6.45) is 5.63. The molecule has 92 valence electrons. The number of hydrogen-bond donors (Lipinski definition) is 1. The molecule has 0 fully saturated rings. The number of aromatic nitrogens is 2. The van der Waals surface area contributed by atoms with Gasteiger partial charge in [0, 0.05) is 30.5 Å². The van der Waals surface area contributed by atoms with E-state index in [0.717, 1.165) is 18.6 Å². The summed E-state index contributed by atoms with van der Waals surface area (Å²) in [7, 11) is 3.97. The van der Waals surface area contributed by atoms with Crippen LogP contribution >= 0.6 is 0 Å². The van der Waals surface area contributed by atoms with E-state index in [1.54, 1.807) is 6.26 Å². The molecule has 0 saturated carbocycles. The van der Waals surface area contributed by atoms with Crippen molar-refractivity contribution in [1.82, 2.24) is 15.1 Å².